The summed E-state index contributed by atoms with van der Waals surface area (Å²) in [6.07, 6.45) is 0.925. The van der Waals surface area contributed by atoms with Crippen LogP contribution in [0.1, 0.15) is 54.9 Å². The molecule has 0 radical (unpaired) electrons. The molecule has 0 heterocycles. The third-order valence-electron chi connectivity index (χ3n) is 4.17. The van der Waals surface area contributed by atoms with Gasteiger partial charge in [-0.1, -0.05) is 20.8 Å². The topological polar surface area (TPSA) is 78.9 Å². The van der Waals surface area contributed by atoms with Crippen LogP contribution in [0.15, 0.2) is 0 Å². The van der Waals surface area contributed by atoms with Crippen LogP contribution in [-0.4, -0.2) is 60.8 Å². The maximum absolute atomic E-state index is 12.8. The third kappa shape index (κ3) is 7.62. The standard InChI is InChI=1S/C18H36N2O4/c1-8-14(3)20(9-2)16(23)18(6,7)13-24-12-17(4,5)11-19-15(22)10-21/h14,21H,8-13H2,1-7H3,(H,19,22)/t14-/m0/s1. The van der Waals surface area contributed by atoms with Crippen LogP contribution >= 0.6 is 0 Å². The predicted octanol–water partition coefficient (Wildman–Crippen LogP) is 1.81. The molecule has 6 heteroatoms. The fourth-order valence-corrected chi connectivity index (χ4v) is 2.35. The number of hydrogen-bond donors (Lipinski definition) is 2. The number of aliphatic hydroxyl groups is 1. The monoisotopic (exact) mass is 344 g/mol. The number of amides is 2. The molecule has 0 aliphatic heterocycles. The summed E-state index contributed by atoms with van der Waals surface area (Å²) in [6.45, 7) is 15.2. The smallest absolute Gasteiger partial charge is 0.245 e. The lowest BCUT2D eigenvalue weighted by molar-refractivity contribution is -0.146. The van der Waals surface area contributed by atoms with Crippen LogP contribution in [0.3, 0.4) is 0 Å². The molecule has 0 fully saturated rings. The van der Waals surface area contributed by atoms with Crippen molar-refractivity contribution in [2.24, 2.45) is 10.8 Å². The van der Waals surface area contributed by atoms with Gasteiger partial charge in [-0.05, 0) is 34.1 Å². The Morgan fingerprint density at radius 2 is 1.75 bits per heavy atom. The number of hydrogen-bond acceptors (Lipinski definition) is 4. The molecular weight excluding hydrogens is 308 g/mol. The normalized spacial score (nSPS) is 13.5. The van der Waals surface area contributed by atoms with Crippen molar-refractivity contribution in [3.63, 3.8) is 0 Å². The van der Waals surface area contributed by atoms with Gasteiger partial charge in [0.1, 0.15) is 6.61 Å². The summed E-state index contributed by atoms with van der Waals surface area (Å²) in [5.74, 6) is -0.295. The van der Waals surface area contributed by atoms with Gasteiger partial charge in [0.25, 0.3) is 0 Å². The second kappa shape index (κ2) is 9.99. The summed E-state index contributed by atoms with van der Waals surface area (Å²) in [7, 11) is 0. The van der Waals surface area contributed by atoms with Crippen molar-refractivity contribution in [1.29, 1.82) is 0 Å². The van der Waals surface area contributed by atoms with Gasteiger partial charge < -0.3 is 20.1 Å². The maximum atomic E-state index is 12.8. The second-order valence-corrected chi connectivity index (χ2v) is 7.82. The molecule has 142 valence electrons. The molecule has 0 saturated carbocycles. The van der Waals surface area contributed by atoms with Crippen molar-refractivity contribution in [3.05, 3.63) is 0 Å². The molecule has 0 aromatic carbocycles. The van der Waals surface area contributed by atoms with Gasteiger partial charge in [0.15, 0.2) is 0 Å². The number of nitrogens with zero attached hydrogens (tertiary/aromatic N) is 1. The molecule has 0 aliphatic carbocycles. The predicted molar refractivity (Wildman–Crippen MR) is 95.6 cm³/mol. The van der Waals surface area contributed by atoms with Crippen LogP contribution in [0, 0.1) is 10.8 Å². The van der Waals surface area contributed by atoms with Crippen LogP contribution in [0.5, 0.6) is 0 Å². The van der Waals surface area contributed by atoms with Gasteiger partial charge in [-0.15, -0.1) is 0 Å². The summed E-state index contributed by atoms with van der Waals surface area (Å²) < 4.78 is 5.80. The highest BCUT2D eigenvalue weighted by molar-refractivity contribution is 5.82. The Morgan fingerprint density at radius 3 is 2.21 bits per heavy atom. The van der Waals surface area contributed by atoms with E-state index in [1.54, 1.807) is 0 Å². The molecule has 0 bridgehead atoms. The molecule has 0 rings (SSSR count). The first-order chi connectivity index (χ1) is 11.0. The van der Waals surface area contributed by atoms with E-state index in [0.29, 0.717) is 26.3 Å². The fourth-order valence-electron chi connectivity index (χ4n) is 2.35. The SMILES string of the molecule is CC[C@H](C)N(CC)C(=O)C(C)(C)COCC(C)(C)CNC(=O)CO. The van der Waals surface area contributed by atoms with Crippen molar-refractivity contribution < 1.29 is 19.4 Å². The first-order valence-electron chi connectivity index (χ1n) is 8.77. The Balaban J connectivity index is 4.55. The first-order valence-corrected chi connectivity index (χ1v) is 8.77. The van der Waals surface area contributed by atoms with Gasteiger partial charge in [-0.25, -0.2) is 0 Å². The lowest BCUT2D eigenvalue weighted by atomic mass is 9.91. The van der Waals surface area contributed by atoms with Crippen LogP contribution in [-0.2, 0) is 14.3 Å². The van der Waals surface area contributed by atoms with Crippen molar-refractivity contribution in [2.75, 3.05) is 32.9 Å². The average molecular weight is 344 g/mol. The molecule has 2 N–H and O–H groups in total. The van der Waals surface area contributed by atoms with Crippen molar-refractivity contribution in [2.45, 2.75) is 60.9 Å². The van der Waals surface area contributed by atoms with Crippen LogP contribution in [0.25, 0.3) is 0 Å². The quantitative estimate of drug-likeness (QED) is 0.599. The Labute approximate surface area is 146 Å². The highest BCUT2D eigenvalue weighted by Crippen LogP contribution is 2.23. The van der Waals surface area contributed by atoms with Crippen molar-refractivity contribution in [1.82, 2.24) is 10.2 Å². The fraction of sp³-hybridized carbons (Fsp3) is 0.889. The van der Waals surface area contributed by atoms with E-state index >= 15 is 0 Å². The van der Waals surface area contributed by atoms with Crippen LogP contribution in [0.4, 0.5) is 0 Å². The molecular formula is C18H36N2O4. The van der Waals surface area contributed by atoms with Gasteiger partial charge in [-0.2, -0.15) is 0 Å². The zero-order valence-corrected chi connectivity index (χ0v) is 16.4. The van der Waals surface area contributed by atoms with Gasteiger partial charge in [-0.3, -0.25) is 9.59 Å². The summed E-state index contributed by atoms with van der Waals surface area (Å²) in [4.78, 5) is 25.8. The Morgan fingerprint density at radius 1 is 1.17 bits per heavy atom. The molecule has 0 aromatic heterocycles. The molecule has 24 heavy (non-hydrogen) atoms. The second-order valence-electron chi connectivity index (χ2n) is 7.82. The zero-order chi connectivity index (χ0) is 19.0. The lowest BCUT2D eigenvalue weighted by Gasteiger charge is -2.35. The van der Waals surface area contributed by atoms with Crippen LogP contribution < -0.4 is 5.32 Å². The Hall–Kier alpha value is -1.14. The lowest BCUT2D eigenvalue weighted by Crippen LogP contribution is -2.47. The van der Waals surface area contributed by atoms with Crippen LogP contribution in [0.2, 0.25) is 0 Å². The van der Waals surface area contributed by atoms with E-state index in [2.05, 4.69) is 19.2 Å². The minimum Gasteiger partial charge on any atom is -0.387 e. The summed E-state index contributed by atoms with van der Waals surface area (Å²) >= 11 is 0. The van der Waals surface area contributed by atoms with Gasteiger partial charge in [0, 0.05) is 24.5 Å². The Bertz CT molecular complexity index is 408. The van der Waals surface area contributed by atoms with Gasteiger partial charge >= 0.3 is 0 Å². The van der Waals surface area contributed by atoms with Gasteiger partial charge in [0.2, 0.25) is 11.8 Å². The van der Waals surface area contributed by atoms with Crippen molar-refractivity contribution in [3.8, 4) is 0 Å². The van der Waals surface area contributed by atoms with E-state index in [0.717, 1.165) is 6.42 Å². The minimum atomic E-state index is -0.593. The van der Waals surface area contributed by atoms with E-state index in [9.17, 15) is 9.59 Å². The zero-order valence-electron chi connectivity index (χ0n) is 16.4. The first kappa shape index (κ1) is 22.9. The summed E-state index contributed by atoms with van der Waals surface area (Å²) in [6, 6.07) is 0.215. The molecule has 2 amide bonds. The largest absolute Gasteiger partial charge is 0.387 e. The van der Waals surface area contributed by atoms with E-state index in [1.807, 2.05) is 39.5 Å². The van der Waals surface area contributed by atoms with E-state index in [-0.39, 0.29) is 17.4 Å². The average Bonchev–Trinajstić information content (AvgIpc) is 2.52. The molecule has 0 aromatic rings. The van der Waals surface area contributed by atoms with E-state index in [1.165, 1.54) is 0 Å². The molecule has 0 spiro atoms. The molecule has 0 saturated heterocycles. The number of carbonyl (C=O) groups is 2. The number of rotatable bonds is 11. The molecule has 1 atom stereocenters. The minimum absolute atomic E-state index is 0.103. The highest BCUT2D eigenvalue weighted by Gasteiger charge is 2.34. The number of ether oxygens (including phenoxy) is 1. The number of nitrogens with one attached hydrogen (secondary N) is 1. The van der Waals surface area contributed by atoms with E-state index in [4.69, 9.17) is 9.84 Å². The number of aliphatic hydroxyl groups excluding tert-OH is 1. The molecule has 0 aliphatic rings. The summed E-state index contributed by atoms with van der Waals surface area (Å²) in [5, 5.41) is 11.4. The molecule has 0 unspecified atom stereocenters. The third-order valence-corrected chi connectivity index (χ3v) is 4.17. The molecule has 6 nitrogen and oxygen atoms in total. The number of carbonyl (C=O) groups excluding carboxylic acids is 2. The maximum Gasteiger partial charge on any atom is 0.245 e. The van der Waals surface area contributed by atoms with Crippen molar-refractivity contribution >= 4 is 11.8 Å². The van der Waals surface area contributed by atoms with E-state index < -0.39 is 17.9 Å². The van der Waals surface area contributed by atoms with Gasteiger partial charge in [0.05, 0.1) is 18.6 Å². The highest BCUT2D eigenvalue weighted by atomic mass is 16.5. The summed E-state index contributed by atoms with van der Waals surface area (Å²) in [5.41, 5.74) is -0.866. The Kier molecular flexibility index (Phi) is 9.51.